The molecule has 3 nitrogen and oxygen atoms in total. The molecular weight excluding hydrogens is 276 g/mol. The minimum Gasteiger partial charge on any atom is -0.492 e. The van der Waals surface area contributed by atoms with Crippen LogP contribution in [-0.2, 0) is 4.79 Å². The Labute approximate surface area is 122 Å². The average Bonchev–Trinajstić information content (AvgIpc) is 2.43. The summed E-state index contributed by atoms with van der Waals surface area (Å²) >= 11 is 5.79. The molecule has 0 aliphatic heterocycles. The number of benzene rings is 2. The highest BCUT2D eigenvalue weighted by Gasteiger charge is 2.20. The maximum Gasteiger partial charge on any atom is 0.314 e. The lowest BCUT2D eigenvalue weighted by Crippen LogP contribution is -2.19. The Morgan fingerprint density at radius 2 is 1.75 bits per heavy atom. The molecule has 20 heavy (non-hydrogen) atoms. The number of rotatable bonds is 5. The van der Waals surface area contributed by atoms with Crippen LogP contribution in [0.5, 0.6) is 5.75 Å². The van der Waals surface area contributed by atoms with Crippen LogP contribution in [-0.4, -0.2) is 17.7 Å². The molecule has 0 aliphatic rings. The Morgan fingerprint density at radius 1 is 1.15 bits per heavy atom. The van der Waals surface area contributed by atoms with E-state index in [2.05, 4.69) is 0 Å². The summed E-state index contributed by atoms with van der Waals surface area (Å²) < 4.78 is 5.53. The molecular formula is C16H15ClO3. The molecule has 0 fully saturated rings. The Hall–Kier alpha value is -2.00. The summed E-state index contributed by atoms with van der Waals surface area (Å²) in [5.41, 5.74) is 1.83. The van der Waals surface area contributed by atoms with E-state index in [0.29, 0.717) is 10.8 Å². The summed E-state index contributed by atoms with van der Waals surface area (Å²) in [5, 5.41) is 9.93. The lowest BCUT2D eigenvalue weighted by atomic mass is 9.99. The zero-order chi connectivity index (χ0) is 14.5. The fourth-order valence-electron chi connectivity index (χ4n) is 1.82. The molecule has 0 bridgehead atoms. The van der Waals surface area contributed by atoms with Crippen LogP contribution in [0.15, 0.2) is 48.5 Å². The summed E-state index contributed by atoms with van der Waals surface area (Å²) in [4.78, 5) is 11.4. The van der Waals surface area contributed by atoms with Crippen LogP contribution in [0, 0.1) is 6.92 Å². The number of hydrogen-bond acceptors (Lipinski definition) is 2. The zero-order valence-corrected chi connectivity index (χ0v) is 11.8. The van der Waals surface area contributed by atoms with Gasteiger partial charge in [-0.2, -0.15) is 0 Å². The van der Waals surface area contributed by atoms with Gasteiger partial charge < -0.3 is 9.84 Å². The molecule has 0 heterocycles. The van der Waals surface area contributed by atoms with E-state index in [-0.39, 0.29) is 6.61 Å². The zero-order valence-electron chi connectivity index (χ0n) is 11.0. The summed E-state index contributed by atoms with van der Waals surface area (Å²) in [6.07, 6.45) is 0. The van der Waals surface area contributed by atoms with Gasteiger partial charge in [0.05, 0.1) is 0 Å². The molecule has 0 radical (unpaired) electrons. The molecule has 1 unspecified atom stereocenters. The lowest BCUT2D eigenvalue weighted by molar-refractivity contribution is -0.139. The molecule has 104 valence electrons. The predicted octanol–water partition coefficient (Wildman–Crippen LogP) is 3.90. The van der Waals surface area contributed by atoms with Crippen LogP contribution in [0.1, 0.15) is 17.0 Å². The van der Waals surface area contributed by atoms with E-state index in [1.807, 2.05) is 31.2 Å². The number of ether oxygens (including phenoxy) is 1. The second-order valence-corrected chi connectivity index (χ2v) is 5.00. The van der Waals surface area contributed by atoms with E-state index in [9.17, 15) is 9.90 Å². The molecule has 0 saturated heterocycles. The van der Waals surface area contributed by atoms with E-state index < -0.39 is 11.9 Å². The first kappa shape index (κ1) is 14.4. The van der Waals surface area contributed by atoms with Crippen molar-refractivity contribution in [1.29, 1.82) is 0 Å². The predicted molar refractivity (Wildman–Crippen MR) is 78.5 cm³/mol. The van der Waals surface area contributed by atoms with Crippen molar-refractivity contribution >= 4 is 17.6 Å². The minimum absolute atomic E-state index is 0.0834. The Morgan fingerprint density at radius 3 is 2.30 bits per heavy atom. The molecule has 4 heteroatoms. The Kier molecular flexibility index (Phi) is 4.64. The fraction of sp³-hybridized carbons (Fsp3) is 0.188. The van der Waals surface area contributed by atoms with Gasteiger partial charge in [0, 0.05) is 5.02 Å². The first-order valence-corrected chi connectivity index (χ1v) is 6.62. The number of carbonyl (C=O) groups is 1. The van der Waals surface area contributed by atoms with Crippen molar-refractivity contribution in [3.05, 3.63) is 64.7 Å². The standard InChI is InChI=1S/C16H15ClO3/c1-11-2-4-12(5-3-11)15(16(18)19)10-20-14-8-6-13(17)7-9-14/h2-9,15H,10H2,1H3,(H,18,19). The summed E-state index contributed by atoms with van der Waals surface area (Å²) in [7, 11) is 0. The number of aryl methyl sites for hydroxylation is 1. The van der Waals surface area contributed by atoms with Crippen LogP contribution in [0.25, 0.3) is 0 Å². The number of carboxylic acid groups (broad SMARTS) is 1. The van der Waals surface area contributed by atoms with Crippen LogP contribution >= 0.6 is 11.6 Å². The fourth-order valence-corrected chi connectivity index (χ4v) is 1.95. The van der Waals surface area contributed by atoms with Crippen molar-refractivity contribution < 1.29 is 14.6 Å². The Bertz CT molecular complexity index is 576. The van der Waals surface area contributed by atoms with Crippen molar-refractivity contribution in [2.75, 3.05) is 6.61 Å². The van der Waals surface area contributed by atoms with Crippen LogP contribution in [0.4, 0.5) is 0 Å². The van der Waals surface area contributed by atoms with Gasteiger partial charge in [-0.05, 0) is 36.8 Å². The van der Waals surface area contributed by atoms with Crippen molar-refractivity contribution in [3.63, 3.8) is 0 Å². The largest absolute Gasteiger partial charge is 0.492 e. The maximum absolute atomic E-state index is 11.4. The highest BCUT2D eigenvalue weighted by Crippen LogP contribution is 2.21. The monoisotopic (exact) mass is 290 g/mol. The summed E-state index contributed by atoms with van der Waals surface area (Å²) in [6.45, 7) is 2.05. The van der Waals surface area contributed by atoms with Crippen LogP contribution in [0.2, 0.25) is 5.02 Å². The van der Waals surface area contributed by atoms with E-state index in [1.165, 1.54) is 0 Å². The number of hydrogen-bond donors (Lipinski definition) is 1. The molecule has 0 saturated carbocycles. The van der Waals surface area contributed by atoms with Gasteiger partial charge in [-0.1, -0.05) is 41.4 Å². The highest BCUT2D eigenvalue weighted by molar-refractivity contribution is 6.30. The van der Waals surface area contributed by atoms with Gasteiger partial charge in [0.25, 0.3) is 0 Å². The van der Waals surface area contributed by atoms with E-state index in [1.54, 1.807) is 24.3 Å². The van der Waals surface area contributed by atoms with Crippen LogP contribution < -0.4 is 4.74 Å². The molecule has 0 spiro atoms. The topological polar surface area (TPSA) is 46.5 Å². The van der Waals surface area contributed by atoms with Gasteiger partial charge in [0.15, 0.2) is 0 Å². The summed E-state index contributed by atoms with van der Waals surface area (Å²) in [6, 6.07) is 14.3. The van der Waals surface area contributed by atoms with Gasteiger partial charge in [0.2, 0.25) is 0 Å². The molecule has 0 aliphatic carbocycles. The van der Waals surface area contributed by atoms with Gasteiger partial charge in [-0.3, -0.25) is 4.79 Å². The lowest BCUT2D eigenvalue weighted by Gasteiger charge is -2.14. The van der Waals surface area contributed by atoms with Gasteiger partial charge in [0.1, 0.15) is 18.3 Å². The number of aliphatic carboxylic acids is 1. The van der Waals surface area contributed by atoms with Gasteiger partial charge in [-0.15, -0.1) is 0 Å². The van der Waals surface area contributed by atoms with Crippen molar-refractivity contribution in [1.82, 2.24) is 0 Å². The van der Waals surface area contributed by atoms with E-state index >= 15 is 0 Å². The number of carboxylic acids is 1. The van der Waals surface area contributed by atoms with Crippen LogP contribution in [0.3, 0.4) is 0 Å². The minimum atomic E-state index is -0.900. The molecule has 2 rings (SSSR count). The van der Waals surface area contributed by atoms with Gasteiger partial charge >= 0.3 is 5.97 Å². The molecule has 1 atom stereocenters. The maximum atomic E-state index is 11.4. The average molecular weight is 291 g/mol. The Balaban J connectivity index is 2.08. The third-order valence-electron chi connectivity index (χ3n) is 3.01. The third kappa shape index (κ3) is 3.75. The third-order valence-corrected chi connectivity index (χ3v) is 3.26. The van der Waals surface area contributed by atoms with Crippen molar-refractivity contribution in [2.24, 2.45) is 0 Å². The first-order valence-electron chi connectivity index (χ1n) is 6.24. The quantitative estimate of drug-likeness (QED) is 0.908. The summed E-state index contributed by atoms with van der Waals surface area (Å²) in [5.74, 6) is -0.984. The first-order chi connectivity index (χ1) is 9.56. The molecule has 1 N–H and O–H groups in total. The second-order valence-electron chi connectivity index (χ2n) is 4.57. The second kappa shape index (κ2) is 6.44. The normalized spacial score (nSPS) is 11.9. The van der Waals surface area contributed by atoms with E-state index in [4.69, 9.17) is 16.3 Å². The SMILES string of the molecule is Cc1ccc(C(COc2ccc(Cl)cc2)C(=O)O)cc1. The molecule has 2 aromatic carbocycles. The molecule has 0 amide bonds. The number of halogens is 1. The smallest absolute Gasteiger partial charge is 0.314 e. The van der Waals surface area contributed by atoms with Crippen molar-refractivity contribution in [2.45, 2.75) is 12.8 Å². The highest BCUT2D eigenvalue weighted by atomic mass is 35.5. The molecule has 0 aromatic heterocycles. The van der Waals surface area contributed by atoms with Gasteiger partial charge in [-0.25, -0.2) is 0 Å². The van der Waals surface area contributed by atoms with E-state index in [0.717, 1.165) is 11.1 Å². The van der Waals surface area contributed by atoms with Crippen molar-refractivity contribution in [3.8, 4) is 5.75 Å². The molecule has 2 aromatic rings.